The summed E-state index contributed by atoms with van der Waals surface area (Å²) >= 11 is 6.49. The summed E-state index contributed by atoms with van der Waals surface area (Å²) in [6, 6.07) is 0. The molecule has 0 bridgehead atoms. The Kier molecular flexibility index (Phi) is 20.3. The third kappa shape index (κ3) is 14.1. The zero-order valence-corrected chi connectivity index (χ0v) is 24.1. The Balaban J connectivity index is 0.000000644. The zero-order valence-electron chi connectivity index (χ0n) is 20.9. The Labute approximate surface area is 220 Å². The first kappa shape index (κ1) is 33.4. The molecule has 1 fully saturated rings. The molecule has 0 aromatic heterocycles. The van der Waals surface area contributed by atoms with Gasteiger partial charge in [-0.3, -0.25) is 4.79 Å². The van der Waals surface area contributed by atoms with Crippen LogP contribution < -0.4 is 0 Å². The topological polar surface area (TPSA) is 105 Å². The number of rotatable bonds is 16. The van der Waals surface area contributed by atoms with E-state index in [1.54, 1.807) is 47.0 Å². The molecule has 198 valence electrons. The summed E-state index contributed by atoms with van der Waals surface area (Å²) in [5.41, 5.74) is 0. The third-order valence-corrected chi connectivity index (χ3v) is 7.21. The van der Waals surface area contributed by atoms with E-state index in [4.69, 9.17) is 18.9 Å². The minimum atomic E-state index is -0.703. The summed E-state index contributed by atoms with van der Waals surface area (Å²) in [4.78, 5) is 46.2. The number of esters is 3. The van der Waals surface area contributed by atoms with Gasteiger partial charge in [0, 0.05) is 26.4 Å². The molecule has 1 aliphatic rings. The van der Waals surface area contributed by atoms with Gasteiger partial charge >= 0.3 is 17.9 Å². The van der Waals surface area contributed by atoms with Gasteiger partial charge in [0.25, 0.3) is 0 Å². The van der Waals surface area contributed by atoms with E-state index in [1.807, 2.05) is 25.0 Å². The number of methoxy groups -OCH3 is 1. The normalized spacial score (nSPS) is 19.2. The summed E-state index contributed by atoms with van der Waals surface area (Å²) in [6.07, 6.45) is 7.40. The van der Waals surface area contributed by atoms with Gasteiger partial charge in [0.2, 0.25) is 0 Å². The number of carbonyl (C=O) groups excluding carboxylic acids is 4. The Hall–Kier alpha value is -0.560. The van der Waals surface area contributed by atoms with Crippen LogP contribution in [0.4, 0.5) is 0 Å². The maximum absolute atomic E-state index is 11.8. The van der Waals surface area contributed by atoms with E-state index in [-0.39, 0.29) is 5.78 Å². The molecule has 1 rings (SSSR count). The van der Waals surface area contributed by atoms with E-state index in [1.165, 1.54) is 14.0 Å². The molecule has 4 unspecified atom stereocenters. The van der Waals surface area contributed by atoms with Gasteiger partial charge in [0.05, 0.1) is 0 Å². The molecule has 8 nitrogen and oxygen atoms in total. The molecule has 0 amide bonds. The molecule has 1 saturated heterocycles. The first-order valence-electron chi connectivity index (χ1n) is 10.9. The lowest BCUT2D eigenvalue weighted by Crippen LogP contribution is -2.44. The monoisotopic (exact) mass is 558 g/mol. The fraction of sp³-hybridized carbons (Fsp3) is 0.818. The minimum Gasteiger partial charge on any atom is -0.452 e. The molecule has 34 heavy (non-hydrogen) atoms. The molecular formula is C22H38O8S4. The van der Waals surface area contributed by atoms with Gasteiger partial charge in [-0.05, 0) is 61.4 Å². The van der Waals surface area contributed by atoms with Crippen molar-refractivity contribution < 1.29 is 38.1 Å². The van der Waals surface area contributed by atoms with Crippen LogP contribution in [-0.4, -0.2) is 103 Å². The molecule has 0 N–H and O–H groups in total. The largest absolute Gasteiger partial charge is 0.452 e. The van der Waals surface area contributed by atoms with Crippen molar-refractivity contribution in [1.29, 1.82) is 0 Å². The van der Waals surface area contributed by atoms with E-state index in [0.717, 1.165) is 23.0 Å². The maximum atomic E-state index is 11.8. The highest BCUT2D eigenvalue weighted by Crippen LogP contribution is 2.18. The third-order valence-electron chi connectivity index (χ3n) is 4.64. The molecule has 0 radical (unpaired) electrons. The van der Waals surface area contributed by atoms with Crippen LogP contribution in [0.15, 0.2) is 0 Å². The Bertz CT molecular complexity index is 594. The second-order valence-electron chi connectivity index (χ2n) is 7.24. The lowest BCUT2D eigenvalue weighted by molar-refractivity contribution is -0.195. The molecule has 0 spiro atoms. The van der Waals surface area contributed by atoms with Crippen molar-refractivity contribution in [3.63, 3.8) is 0 Å². The fourth-order valence-corrected chi connectivity index (χ4v) is 4.47. The van der Waals surface area contributed by atoms with Crippen LogP contribution in [0, 0.1) is 0 Å². The lowest BCUT2D eigenvalue weighted by atomic mass is 10.2. The second-order valence-corrected chi connectivity index (χ2v) is 11.2. The summed E-state index contributed by atoms with van der Waals surface area (Å²) in [5, 5.41) is 0. The van der Waals surface area contributed by atoms with E-state index in [9.17, 15) is 19.2 Å². The van der Waals surface area contributed by atoms with Crippen molar-refractivity contribution in [2.45, 2.75) is 57.0 Å². The van der Waals surface area contributed by atoms with E-state index < -0.39 is 42.3 Å². The van der Waals surface area contributed by atoms with Crippen molar-refractivity contribution in [1.82, 2.24) is 0 Å². The van der Waals surface area contributed by atoms with Gasteiger partial charge in [0.1, 0.15) is 0 Å². The maximum Gasteiger partial charge on any atom is 0.348 e. The number of ketones is 1. The van der Waals surface area contributed by atoms with Crippen LogP contribution >= 0.6 is 47.0 Å². The van der Waals surface area contributed by atoms with E-state index in [0.29, 0.717) is 25.7 Å². The number of ether oxygens (including phenoxy) is 4. The van der Waals surface area contributed by atoms with Crippen molar-refractivity contribution in [2.75, 3.05) is 55.1 Å². The molecular weight excluding hydrogens is 521 g/mol. The smallest absolute Gasteiger partial charge is 0.348 e. The first-order chi connectivity index (χ1) is 16.2. The van der Waals surface area contributed by atoms with Crippen molar-refractivity contribution in [3.8, 4) is 0 Å². The summed E-state index contributed by atoms with van der Waals surface area (Å²) in [6.45, 7) is 1.45. The average Bonchev–Trinajstić information content (AvgIpc) is 2.81. The van der Waals surface area contributed by atoms with Gasteiger partial charge in [0.15, 0.2) is 30.2 Å². The van der Waals surface area contributed by atoms with Crippen LogP contribution in [0.3, 0.4) is 0 Å². The first-order valence-corrected chi connectivity index (χ1v) is 16.4. The van der Waals surface area contributed by atoms with Crippen LogP contribution in [0.25, 0.3) is 0 Å². The number of Topliss-reactive ketones (excluding diaryl/α,β-unsaturated/α-hetero) is 1. The number of cyclic esters (lactones) is 2. The summed E-state index contributed by atoms with van der Waals surface area (Å²) < 4.78 is 20.5. The Morgan fingerprint density at radius 1 is 0.794 bits per heavy atom. The predicted molar refractivity (Wildman–Crippen MR) is 143 cm³/mol. The summed E-state index contributed by atoms with van der Waals surface area (Å²) in [5.74, 6) is 1.82. The lowest BCUT2D eigenvalue weighted by Gasteiger charge is -2.27. The highest BCUT2D eigenvalue weighted by molar-refractivity contribution is 7.99. The fourth-order valence-electron chi connectivity index (χ4n) is 2.67. The number of carbonyl (C=O) groups is 4. The minimum absolute atomic E-state index is 0.114. The van der Waals surface area contributed by atoms with E-state index in [2.05, 4.69) is 0 Å². The summed E-state index contributed by atoms with van der Waals surface area (Å²) in [7, 11) is 1.48. The van der Waals surface area contributed by atoms with Gasteiger partial charge in [-0.15, -0.1) is 0 Å². The highest BCUT2D eigenvalue weighted by atomic mass is 32.2. The standard InChI is InChI=1S/C12H22O4S2.C10H16O4S2/c1-9(13)10(5-7-17-3)16-12(14)11(15-2)6-8-18-4;1-15-5-3-7-9(11)14-8(4-6-16-2)10(12)13-7/h10-11H,5-8H2,1-4H3;7-8H,3-6H2,1-2H3. The number of thioether (sulfide) groups is 4. The zero-order chi connectivity index (χ0) is 25.9. The second kappa shape index (κ2) is 20.6. The molecule has 1 heterocycles. The van der Waals surface area contributed by atoms with Crippen molar-refractivity contribution in [2.24, 2.45) is 0 Å². The predicted octanol–water partition coefficient (Wildman–Crippen LogP) is 3.34. The van der Waals surface area contributed by atoms with E-state index >= 15 is 0 Å². The molecule has 0 aromatic rings. The quantitative estimate of drug-likeness (QED) is 0.205. The van der Waals surface area contributed by atoms with Crippen molar-refractivity contribution >= 4 is 70.7 Å². The Morgan fingerprint density at radius 3 is 1.56 bits per heavy atom. The molecule has 12 heteroatoms. The average molecular weight is 559 g/mol. The molecule has 1 aliphatic heterocycles. The van der Waals surface area contributed by atoms with Crippen LogP contribution in [-0.2, 0) is 38.1 Å². The van der Waals surface area contributed by atoms with Crippen molar-refractivity contribution in [3.05, 3.63) is 0 Å². The van der Waals surface area contributed by atoms with Crippen LogP contribution in [0.2, 0.25) is 0 Å². The number of hydrogen-bond acceptors (Lipinski definition) is 12. The highest BCUT2D eigenvalue weighted by Gasteiger charge is 2.37. The number of hydrogen-bond donors (Lipinski definition) is 0. The van der Waals surface area contributed by atoms with Crippen LogP contribution in [0.1, 0.15) is 32.6 Å². The SMILES string of the molecule is COC(CCSC)C(=O)OC(CCSC)C(C)=O.CSCCC1OC(=O)C(CCSC)OC1=O. The van der Waals surface area contributed by atoms with Gasteiger partial charge < -0.3 is 18.9 Å². The van der Waals surface area contributed by atoms with Gasteiger partial charge in [-0.2, -0.15) is 47.0 Å². The molecule has 0 aliphatic carbocycles. The molecule has 0 aromatic carbocycles. The Morgan fingerprint density at radius 2 is 1.21 bits per heavy atom. The molecule has 4 atom stereocenters. The van der Waals surface area contributed by atoms with Gasteiger partial charge in [-0.1, -0.05) is 0 Å². The molecule has 0 saturated carbocycles. The van der Waals surface area contributed by atoms with Gasteiger partial charge in [-0.25, -0.2) is 14.4 Å². The van der Waals surface area contributed by atoms with Crippen LogP contribution in [0.5, 0.6) is 0 Å².